The number of aromatic nitrogens is 3. The van der Waals surface area contributed by atoms with Gasteiger partial charge in [0.2, 0.25) is 0 Å². The Kier molecular flexibility index (Phi) is 2.88. The molecule has 2 saturated carbocycles. The Morgan fingerprint density at radius 2 is 2.04 bits per heavy atom. The van der Waals surface area contributed by atoms with E-state index < -0.39 is 0 Å². The third-order valence-electron chi connectivity index (χ3n) is 7.46. The summed E-state index contributed by atoms with van der Waals surface area (Å²) in [5.74, 6) is 2.89. The van der Waals surface area contributed by atoms with E-state index in [4.69, 9.17) is 5.73 Å². The lowest BCUT2D eigenvalue weighted by molar-refractivity contribution is 0.249. The lowest BCUT2D eigenvalue weighted by Gasteiger charge is -2.43. The molecule has 5 nitrogen and oxygen atoms in total. The van der Waals surface area contributed by atoms with Gasteiger partial charge in [-0.25, -0.2) is 4.98 Å². The number of H-pyrrole nitrogens is 1. The molecule has 140 valence electrons. The molecule has 2 fully saturated rings. The van der Waals surface area contributed by atoms with Crippen LogP contribution in [0.25, 0.3) is 21.1 Å². The maximum atomic E-state index is 5.94. The minimum atomic E-state index is 0.352. The minimum absolute atomic E-state index is 0.352. The Bertz CT molecular complexity index is 1240. The van der Waals surface area contributed by atoms with E-state index in [1.165, 1.54) is 46.2 Å². The topological polar surface area (TPSA) is 79.6 Å². The van der Waals surface area contributed by atoms with Crippen LogP contribution >= 0.6 is 11.3 Å². The predicted molar refractivity (Wildman–Crippen MR) is 114 cm³/mol. The zero-order valence-electron chi connectivity index (χ0n) is 15.4. The average Bonchev–Trinajstić information content (AvgIpc) is 3.48. The van der Waals surface area contributed by atoms with Crippen LogP contribution in [-0.4, -0.2) is 15.2 Å². The summed E-state index contributed by atoms with van der Waals surface area (Å²) in [6, 6.07) is 11.5. The molecule has 6 heteroatoms. The van der Waals surface area contributed by atoms with Gasteiger partial charge < -0.3 is 11.1 Å². The fourth-order valence-electron chi connectivity index (χ4n) is 6.49. The highest BCUT2D eigenvalue weighted by atomic mass is 32.1. The van der Waals surface area contributed by atoms with Gasteiger partial charge in [0, 0.05) is 11.1 Å². The van der Waals surface area contributed by atoms with Crippen LogP contribution < -0.4 is 11.1 Å². The SMILES string of the molecule is Nc1nc2ccc([C@@H]3Nc4ccc5[nH]ncc5c4[C@H]4[C@@H]5CC[C@H](C5)[C@H]43)cc2s1. The molecular weight excluding hydrogens is 366 g/mol. The smallest absolute Gasteiger partial charge is 0.181 e. The molecule has 0 saturated heterocycles. The third-order valence-corrected chi connectivity index (χ3v) is 8.31. The second kappa shape index (κ2) is 5.26. The first-order valence-electron chi connectivity index (χ1n) is 10.1. The maximum absolute atomic E-state index is 5.94. The number of nitrogens with one attached hydrogen (secondary N) is 2. The molecule has 5 atom stereocenters. The number of fused-ring (bicyclic) bond motifs is 10. The number of rotatable bonds is 1. The Morgan fingerprint density at radius 3 is 3.00 bits per heavy atom. The van der Waals surface area contributed by atoms with Gasteiger partial charge in [0.05, 0.1) is 28.0 Å². The summed E-state index contributed by atoms with van der Waals surface area (Å²) >= 11 is 1.59. The molecule has 4 N–H and O–H groups in total. The van der Waals surface area contributed by atoms with Crippen LogP contribution in [0.15, 0.2) is 36.5 Å². The molecule has 28 heavy (non-hydrogen) atoms. The number of hydrogen-bond donors (Lipinski definition) is 3. The summed E-state index contributed by atoms with van der Waals surface area (Å²) in [5, 5.41) is 13.4. The highest BCUT2D eigenvalue weighted by molar-refractivity contribution is 7.22. The first-order chi connectivity index (χ1) is 13.8. The summed E-state index contributed by atoms with van der Waals surface area (Å²) in [6.45, 7) is 0. The van der Waals surface area contributed by atoms with Gasteiger partial charge in [-0.3, -0.25) is 5.10 Å². The molecule has 0 unspecified atom stereocenters. The fourth-order valence-corrected chi connectivity index (χ4v) is 7.27. The minimum Gasteiger partial charge on any atom is -0.378 e. The van der Waals surface area contributed by atoms with Crippen LogP contribution in [-0.2, 0) is 0 Å². The first kappa shape index (κ1) is 15.3. The van der Waals surface area contributed by atoms with E-state index in [0.717, 1.165) is 22.9 Å². The zero-order chi connectivity index (χ0) is 18.4. The largest absolute Gasteiger partial charge is 0.378 e. The number of aromatic amines is 1. The average molecular weight is 388 g/mol. The standard InChI is InChI=1S/C22H21N5S/c23-22-26-15-4-3-12(8-17(15)28-22)21-19-11-2-1-10(7-11)18(19)20-13-9-24-27-14(13)5-6-16(20)25-21/h3-6,8-11,18-19,21,25H,1-2,7H2,(H2,23,26)(H,24,27)/t10-,11-,18+,19-,21+/m1/s1. The van der Waals surface area contributed by atoms with E-state index in [-0.39, 0.29) is 0 Å². The van der Waals surface area contributed by atoms with Crippen molar-refractivity contribution >= 4 is 43.3 Å². The summed E-state index contributed by atoms with van der Waals surface area (Å²) in [6.07, 6.45) is 6.13. The van der Waals surface area contributed by atoms with Crippen LogP contribution in [0.2, 0.25) is 0 Å². The van der Waals surface area contributed by atoms with Gasteiger partial charge in [0.1, 0.15) is 0 Å². The summed E-state index contributed by atoms with van der Waals surface area (Å²) in [4.78, 5) is 4.43. The molecule has 2 aromatic heterocycles. The Balaban J connectivity index is 1.43. The molecule has 0 spiro atoms. The van der Waals surface area contributed by atoms with Gasteiger partial charge >= 0.3 is 0 Å². The Morgan fingerprint density at radius 1 is 1.11 bits per heavy atom. The highest BCUT2D eigenvalue weighted by Crippen LogP contribution is 2.64. The summed E-state index contributed by atoms with van der Waals surface area (Å²) in [5.41, 5.74) is 12.3. The number of hydrogen-bond acceptors (Lipinski definition) is 5. The van der Waals surface area contributed by atoms with Crippen LogP contribution in [0.4, 0.5) is 10.8 Å². The van der Waals surface area contributed by atoms with E-state index in [1.54, 1.807) is 11.3 Å². The van der Waals surface area contributed by atoms with Gasteiger partial charge in [-0.15, -0.1) is 0 Å². The normalized spacial score (nSPS) is 30.5. The van der Waals surface area contributed by atoms with Gasteiger partial charge in [-0.2, -0.15) is 5.10 Å². The van der Waals surface area contributed by atoms with Crippen molar-refractivity contribution in [2.45, 2.75) is 31.2 Å². The summed E-state index contributed by atoms with van der Waals surface area (Å²) in [7, 11) is 0. The van der Waals surface area contributed by atoms with Crippen molar-refractivity contribution in [3.05, 3.63) is 47.7 Å². The monoisotopic (exact) mass is 387 g/mol. The van der Waals surface area contributed by atoms with Crippen LogP contribution in [0, 0.1) is 17.8 Å². The van der Waals surface area contributed by atoms with E-state index in [2.05, 4.69) is 50.8 Å². The number of anilines is 2. The van der Waals surface area contributed by atoms with Crippen molar-refractivity contribution in [2.75, 3.05) is 11.1 Å². The quantitative estimate of drug-likeness (QED) is 0.427. The van der Waals surface area contributed by atoms with Crippen LogP contribution in [0.1, 0.15) is 42.3 Å². The van der Waals surface area contributed by atoms with Crippen molar-refractivity contribution in [3.8, 4) is 0 Å². The molecular formula is C22H21N5S. The third kappa shape index (κ3) is 1.91. The molecule has 2 bridgehead atoms. The van der Waals surface area contributed by atoms with Crippen LogP contribution in [0.3, 0.4) is 0 Å². The lowest BCUT2D eigenvalue weighted by Crippen LogP contribution is -2.35. The predicted octanol–water partition coefficient (Wildman–Crippen LogP) is 5.05. The number of nitrogens with two attached hydrogens (primary N) is 1. The molecule has 0 amide bonds. The number of nitrogens with zero attached hydrogens (tertiary/aromatic N) is 2. The second-order valence-corrected chi connectivity index (χ2v) is 9.76. The highest BCUT2D eigenvalue weighted by Gasteiger charge is 2.54. The van der Waals surface area contributed by atoms with Crippen molar-refractivity contribution in [1.82, 2.24) is 15.2 Å². The van der Waals surface area contributed by atoms with Crippen LogP contribution in [0.5, 0.6) is 0 Å². The lowest BCUT2D eigenvalue weighted by atomic mass is 9.67. The molecule has 2 aliphatic carbocycles. The molecule has 3 heterocycles. The molecule has 7 rings (SSSR count). The Hall–Kier alpha value is -2.60. The first-order valence-corrected chi connectivity index (χ1v) is 11.0. The molecule has 1 aliphatic heterocycles. The van der Waals surface area contributed by atoms with Crippen molar-refractivity contribution in [1.29, 1.82) is 0 Å². The fraction of sp³-hybridized carbons (Fsp3) is 0.364. The van der Waals surface area contributed by atoms with Crippen molar-refractivity contribution in [2.24, 2.45) is 17.8 Å². The molecule has 2 aromatic carbocycles. The number of benzene rings is 2. The van der Waals surface area contributed by atoms with E-state index in [0.29, 0.717) is 23.0 Å². The Labute approximate surface area is 166 Å². The second-order valence-electron chi connectivity index (χ2n) is 8.70. The molecule has 3 aliphatic rings. The van der Waals surface area contributed by atoms with E-state index >= 15 is 0 Å². The maximum Gasteiger partial charge on any atom is 0.181 e. The molecule has 0 radical (unpaired) electrons. The molecule has 4 aromatic rings. The van der Waals surface area contributed by atoms with Crippen molar-refractivity contribution < 1.29 is 0 Å². The van der Waals surface area contributed by atoms with Crippen molar-refractivity contribution in [3.63, 3.8) is 0 Å². The van der Waals surface area contributed by atoms with Gasteiger partial charge in [-0.1, -0.05) is 17.4 Å². The van der Waals surface area contributed by atoms with E-state index in [1.807, 2.05) is 6.20 Å². The van der Waals surface area contributed by atoms with Gasteiger partial charge in [0.25, 0.3) is 0 Å². The number of nitrogen functional groups attached to an aromatic ring is 1. The van der Waals surface area contributed by atoms with Gasteiger partial charge in [-0.05, 0) is 78.3 Å². The zero-order valence-corrected chi connectivity index (χ0v) is 16.2. The summed E-state index contributed by atoms with van der Waals surface area (Å²) < 4.78 is 1.19. The van der Waals surface area contributed by atoms with E-state index in [9.17, 15) is 0 Å². The number of thiazole rings is 1. The van der Waals surface area contributed by atoms with Gasteiger partial charge in [0.15, 0.2) is 5.13 Å².